The molecule has 0 aliphatic heterocycles. The first-order chi connectivity index (χ1) is 6.86. The van der Waals surface area contributed by atoms with E-state index in [0.717, 1.165) is 18.8 Å². The Labute approximate surface area is 90.9 Å². The largest absolute Gasteiger partial charge is 0.373 e. The normalized spacial score (nSPS) is 12.7. The van der Waals surface area contributed by atoms with Gasteiger partial charge in [0.25, 0.3) is 0 Å². The van der Waals surface area contributed by atoms with E-state index in [9.17, 15) is 0 Å². The Balaban J connectivity index is 2.32. The van der Waals surface area contributed by atoms with Crippen molar-refractivity contribution in [3.8, 4) is 0 Å². The second-order valence-electron chi connectivity index (χ2n) is 3.28. The second-order valence-corrected chi connectivity index (χ2v) is 4.19. The fourth-order valence-electron chi connectivity index (χ4n) is 1.26. The van der Waals surface area contributed by atoms with E-state index >= 15 is 0 Å². The number of ether oxygens (including phenoxy) is 1. The van der Waals surface area contributed by atoms with E-state index in [2.05, 4.69) is 25.3 Å². The summed E-state index contributed by atoms with van der Waals surface area (Å²) in [7, 11) is 0. The zero-order chi connectivity index (χ0) is 10.2. The van der Waals surface area contributed by atoms with Gasteiger partial charge in [0.1, 0.15) is 0 Å². The van der Waals surface area contributed by atoms with Crippen LogP contribution in [0.2, 0.25) is 0 Å². The van der Waals surface area contributed by atoms with Gasteiger partial charge in [-0.1, -0.05) is 37.3 Å². The molecule has 1 unspecified atom stereocenters. The lowest BCUT2D eigenvalue weighted by atomic mass is 10.2. The standard InChI is InChI=1S/C12H18OS/c1-3-12(10-14-2)13-9-11-7-5-4-6-8-11/h4-8,12H,3,9-10H2,1-2H3. The van der Waals surface area contributed by atoms with Gasteiger partial charge in [0.15, 0.2) is 0 Å². The predicted octanol–water partition coefficient (Wildman–Crippen LogP) is 3.34. The van der Waals surface area contributed by atoms with E-state index in [1.54, 1.807) is 0 Å². The van der Waals surface area contributed by atoms with Gasteiger partial charge in [0, 0.05) is 5.75 Å². The highest BCUT2D eigenvalue weighted by Crippen LogP contribution is 2.09. The van der Waals surface area contributed by atoms with Gasteiger partial charge < -0.3 is 4.74 Å². The first-order valence-corrected chi connectivity index (χ1v) is 6.40. The van der Waals surface area contributed by atoms with Gasteiger partial charge in [-0.3, -0.25) is 0 Å². The molecule has 0 aliphatic carbocycles. The third kappa shape index (κ3) is 4.16. The Morgan fingerprint density at radius 2 is 2.00 bits per heavy atom. The molecule has 0 fully saturated rings. The van der Waals surface area contributed by atoms with Crippen LogP contribution in [0.15, 0.2) is 30.3 Å². The molecule has 0 saturated heterocycles. The smallest absolute Gasteiger partial charge is 0.0721 e. The summed E-state index contributed by atoms with van der Waals surface area (Å²) in [4.78, 5) is 0. The molecule has 1 atom stereocenters. The van der Waals surface area contributed by atoms with Crippen LogP contribution >= 0.6 is 11.8 Å². The summed E-state index contributed by atoms with van der Waals surface area (Å²) in [6.07, 6.45) is 3.60. The molecule has 0 aliphatic rings. The highest BCUT2D eigenvalue weighted by atomic mass is 32.2. The SMILES string of the molecule is CCC(CSC)OCc1ccccc1. The summed E-state index contributed by atoms with van der Waals surface area (Å²) >= 11 is 1.84. The van der Waals surface area contributed by atoms with E-state index in [0.29, 0.717) is 6.10 Å². The number of hydrogen-bond acceptors (Lipinski definition) is 2. The zero-order valence-electron chi connectivity index (χ0n) is 8.90. The van der Waals surface area contributed by atoms with Gasteiger partial charge in [-0.2, -0.15) is 11.8 Å². The average molecular weight is 210 g/mol. The Morgan fingerprint density at radius 3 is 2.57 bits per heavy atom. The molecular weight excluding hydrogens is 192 g/mol. The van der Waals surface area contributed by atoms with Crippen LogP contribution in [0.3, 0.4) is 0 Å². The lowest BCUT2D eigenvalue weighted by Gasteiger charge is -2.14. The maximum Gasteiger partial charge on any atom is 0.0721 e. The van der Waals surface area contributed by atoms with Gasteiger partial charge in [-0.25, -0.2) is 0 Å². The summed E-state index contributed by atoms with van der Waals surface area (Å²) in [6.45, 7) is 2.91. The Kier molecular flexibility index (Phi) is 5.72. The molecule has 1 nitrogen and oxygen atoms in total. The third-order valence-electron chi connectivity index (χ3n) is 2.14. The summed E-state index contributed by atoms with van der Waals surface area (Å²) < 4.78 is 5.80. The molecule has 78 valence electrons. The lowest BCUT2D eigenvalue weighted by Crippen LogP contribution is -2.14. The zero-order valence-corrected chi connectivity index (χ0v) is 9.72. The van der Waals surface area contributed by atoms with Gasteiger partial charge in [-0.15, -0.1) is 0 Å². The maximum atomic E-state index is 5.80. The van der Waals surface area contributed by atoms with Crippen LogP contribution in [0, 0.1) is 0 Å². The topological polar surface area (TPSA) is 9.23 Å². The number of benzene rings is 1. The quantitative estimate of drug-likeness (QED) is 0.712. The fraction of sp³-hybridized carbons (Fsp3) is 0.500. The molecule has 0 saturated carbocycles. The molecule has 0 aromatic heterocycles. The van der Waals surface area contributed by atoms with Crippen molar-refractivity contribution in [1.82, 2.24) is 0 Å². The van der Waals surface area contributed by atoms with E-state index in [1.165, 1.54) is 5.56 Å². The fourth-order valence-corrected chi connectivity index (χ4v) is 1.96. The van der Waals surface area contributed by atoms with Crippen LogP contribution in [0.25, 0.3) is 0 Å². The highest BCUT2D eigenvalue weighted by Gasteiger charge is 2.04. The molecule has 0 bridgehead atoms. The molecule has 1 rings (SSSR count). The minimum Gasteiger partial charge on any atom is -0.373 e. The molecule has 0 heterocycles. The summed E-state index contributed by atoms with van der Waals surface area (Å²) in [5, 5.41) is 0. The van der Waals surface area contributed by atoms with E-state index in [4.69, 9.17) is 4.74 Å². The Hall–Kier alpha value is -0.470. The summed E-state index contributed by atoms with van der Waals surface area (Å²) in [5.74, 6) is 1.09. The molecule has 1 aromatic rings. The molecule has 0 N–H and O–H groups in total. The van der Waals surface area contributed by atoms with Crippen LogP contribution < -0.4 is 0 Å². The van der Waals surface area contributed by atoms with Crippen molar-refractivity contribution < 1.29 is 4.74 Å². The van der Waals surface area contributed by atoms with Crippen LogP contribution in [0.1, 0.15) is 18.9 Å². The van der Waals surface area contributed by atoms with Crippen LogP contribution in [0.4, 0.5) is 0 Å². The van der Waals surface area contributed by atoms with Crippen LogP contribution in [-0.4, -0.2) is 18.1 Å². The number of thioether (sulfide) groups is 1. The molecular formula is C12H18OS. The van der Waals surface area contributed by atoms with Crippen molar-refractivity contribution in [3.63, 3.8) is 0 Å². The highest BCUT2D eigenvalue weighted by molar-refractivity contribution is 7.98. The average Bonchev–Trinajstić information content (AvgIpc) is 2.25. The van der Waals surface area contributed by atoms with Gasteiger partial charge >= 0.3 is 0 Å². The minimum absolute atomic E-state index is 0.394. The van der Waals surface area contributed by atoms with E-state index in [-0.39, 0.29) is 0 Å². The van der Waals surface area contributed by atoms with Crippen molar-refractivity contribution in [3.05, 3.63) is 35.9 Å². The minimum atomic E-state index is 0.394. The molecule has 0 radical (unpaired) electrons. The van der Waals surface area contributed by atoms with Gasteiger partial charge in [0.05, 0.1) is 12.7 Å². The van der Waals surface area contributed by atoms with Crippen molar-refractivity contribution in [1.29, 1.82) is 0 Å². The predicted molar refractivity (Wildman–Crippen MR) is 63.7 cm³/mol. The number of hydrogen-bond donors (Lipinski definition) is 0. The van der Waals surface area contributed by atoms with Crippen molar-refractivity contribution in [2.24, 2.45) is 0 Å². The van der Waals surface area contributed by atoms with E-state index < -0.39 is 0 Å². The molecule has 0 amide bonds. The first-order valence-electron chi connectivity index (χ1n) is 5.01. The van der Waals surface area contributed by atoms with Gasteiger partial charge in [-0.05, 0) is 18.2 Å². The first kappa shape index (κ1) is 11.6. The summed E-state index contributed by atoms with van der Waals surface area (Å²) in [5.41, 5.74) is 1.26. The van der Waals surface area contributed by atoms with Crippen LogP contribution in [-0.2, 0) is 11.3 Å². The molecule has 0 spiro atoms. The molecule has 14 heavy (non-hydrogen) atoms. The monoisotopic (exact) mass is 210 g/mol. The Morgan fingerprint density at radius 1 is 1.29 bits per heavy atom. The third-order valence-corrected chi connectivity index (χ3v) is 2.84. The molecule has 1 aromatic carbocycles. The van der Waals surface area contributed by atoms with Gasteiger partial charge in [0.2, 0.25) is 0 Å². The Bertz CT molecular complexity index is 235. The summed E-state index contributed by atoms with van der Waals surface area (Å²) in [6, 6.07) is 10.3. The van der Waals surface area contributed by atoms with Crippen molar-refractivity contribution >= 4 is 11.8 Å². The second kappa shape index (κ2) is 6.91. The van der Waals surface area contributed by atoms with E-state index in [1.807, 2.05) is 30.0 Å². The number of rotatable bonds is 6. The molecule has 2 heteroatoms. The van der Waals surface area contributed by atoms with Crippen molar-refractivity contribution in [2.75, 3.05) is 12.0 Å². The lowest BCUT2D eigenvalue weighted by molar-refractivity contribution is 0.0541. The van der Waals surface area contributed by atoms with Crippen LogP contribution in [0.5, 0.6) is 0 Å². The van der Waals surface area contributed by atoms with Crippen molar-refractivity contribution in [2.45, 2.75) is 26.1 Å². The maximum absolute atomic E-state index is 5.80.